The van der Waals surface area contributed by atoms with Crippen LogP contribution >= 0.6 is 0 Å². The third kappa shape index (κ3) is 4.26. The first kappa shape index (κ1) is 19.6. The molecule has 0 radical (unpaired) electrons. The molecule has 2 aromatic rings. The predicted octanol–water partition coefficient (Wildman–Crippen LogP) is 2.16. The molecule has 0 aliphatic heterocycles. The summed E-state index contributed by atoms with van der Waals surface area (Å²) in [4.78, 5) is 24.7. The van der Waals surface area contributed by atoms with Crippen LogP contribution in [0.15, 0.2) is 23.1 Å². The van der Waals surface area contributed by atoms with Gasteiger partial charge in [-0.2, -0.15) is 0 Å². The summed E-state index contributed by atoms with van der Waals surface area (Å²) < 4.78 is 22.4. The van der Waals surface area contributed by atoms with Gasteiger partial charge in [0.05, 0.1) is 25.8 Å². The van der Waals surface area contributed by atoms with Crippen molar-refractivity contribution in [1.82, 2.24) is 9.88 Å². The second-order valence-electron chi connectivity index (χ2n) is 5.50. The summed E-state index contributed by atoms with van der Waals surface area (Å²) in [6.45, 7) is 3.24. The van der Waals surface area contributed by atoms with Gasteiger partial charge in [0.2, 0.25) is 0 Å². The van der Waals surface area contributed by atoms with Crippen molar-refractivity contribution in [3.63, 3.8) is 0 Å². The molecule has 0 saturated carbocycles. The second-order valence-corrected chi connectivity index (χ2v) is 5.50. The molecule has 0 saturated heterocycles. The zero-order chi connectivity index (χ0) is 19.1. The lowest BCUT2D eigenvalue weighted by Crippen LogP contribution is -2.29. The molecule has 0 bridgehead atoms. The predicted molar refractivity (Wildman–Crippen MR) is 97.5 cm³/mol. The highest BCUT2D eigenvalue weighted by atomic mass is 16.6. The minimum Gasteiger partial charge on any atom is -0.493 e. The summed E-state index contributed by atoms with van der Waals surface area (Å²) in [6.07, 6.45) is 1.59. The van der Waals surface area contributed by atoms with E-state index in [4.69, 9.17) is 18.9 Å². The Balaban J connectivity index is 2.42. The number of nitrogens with one attached hydrogen (secondary N) is 1. The fourth-order valence-electron chi connectivity index (χ4n) is 2.54. The molecule has 0 spiro atoms. The molecule has 1 heterocycles. The first-order valence-corrected chi connectivity index (χ1v) is 8.29. The fourth-order valence-corrected chi connectivity index (χ4v) is 2.54. The first-order chi connectivity index (χ1) is 12.5. The van der Waals surface area contributed by atoms with Crippen LogP contribution in [-0.4, -0.2) is 45.1 Å². The molecular weight excluding hydrogens is 340 g/mol. The minimum atomic E-state index is -0.599. The summed E-state index contributed by atoms with van der Waals surface area (Å²) in [5.74, 6) is 1.14. The average molecular weight is 364 g/mol. The zero-order valence-electron chi connectivity index (χ0n) is 15.5. The summed E-state index contributed by atoms with van der Waals surface area (Å²) >= 11 is 0. The van der Waals surface area contributed by atoms with Crippen LogP contribution < -0.4 is 25.1 Å². The number of benzene rings is 1. The van der Waals surface area contributed by atoms with Crippen LogP contribution in [0.1, 0.15) is 13.3 Å². The molecule has 8 nitrogen and oxygen atoms in total. The molecule has 2 rings (SSSR count). The number of nitrogens with zero attached hydrogens (tertiary/aromatic N) is 1. The molecule has 142 valence electrons. The van der Waals surface area contributed by atoms with Crippen LogP contribution in [0, 0.1) is 0 Å². The van der Waals surface area contributed by atoms with Crippen molar-refractivity contribution in [2.45, 2.75) is 19.9 Å². The van der Waals surface area contributed by atoms with Crippen LogP contribution in [0.2, 0.25) is 0 Å². The molecule has 26 heavy (non-hydrogen) atoms. The molecular formula is C18H24N2O6. The van der Waals surface area contributed by atoms with Crippen LogP contribution in [-0.2, 0) is 11.3 Å². The number of carbonyl (C=O) groups excluding carboxylic acids is 1. The van der Waals surface area contributed by atoms with Gasteiger partial charge in [0.15, 0.2) is 17.2 Å². The van der Waals surface area contributed by atoms with E-state index < -0.39 is 6.09 Å². The molecule has 1 aromatic heterocycles. The topological polar surface area (TPSA) is 88.0 Å². The molecule has 0 atom stereocenters. The number of ether oxygens (including phenoxy) is 4. The number of hydrogen-bond donors (Lipinski definition) is 1. The van der Waals surface area contributed by atoms with Gasteiger partial charge in [-0.15, -0.1) is 0 Å². The Kier molecular flexibility index (Phi) is 6.85. The van der Waals surface area contributed by atoms with E-state index in [-0.39, 0.29) is 11.3 Å². The van der Waals surface area contributed by atoms with Crippen molar-refractivity contribution in [2.75, 3.05) is 34.5 Å². The van der Waals surface area contributed by atoms with E-state index in [1.54, 1.807) is 19.2 Å². The number of methoxy groups -OCH3 is 3. The van der Waals surface area contributed by atoms with Crippen molar-refractivity contribution in [3.8, 4) is 17.2 Å². The minimum absolute atomic E-state index is 0.198. The van der Waals surface area contributed by atoms with Gasteiger partial charge in [0.1, 0.15) is 0 Å². The van der Waals surface area contributed by atoms with Gasteiger partial charge in [-0.25, -0.2) is 4.79 Å². The standard InChI is InChI=1S/C18H24N2O6/c1-5-20-11-16(26-18(22)19-7-6-8-23-2)12-9-14(24-3)15(25-4)10-13(12)17(20)21/h9-11H,5-8H2,1-4H3,(H,19,22). The van der Waals surface area contributed by atoms with Gasteiger partial charge in [0.25, 0.3) is 5.56 Å². The van der Waals surface area contributed by atoms with E-state index in [2.05, 4.69) is 5.32 Å². The Morgan fingerprint density at radius 3 is 2.31 bits per heavy atom. The second kappa shape index (κ2) is 9.10. The van der Waals surface area contributed by atoms with Crippen molar-refractivity contribution in [3.05, 3.63) is 28.7 Å². The SMILES string of the molecule is CCn1cc(OC(=O)NCCCOC)c2cc(OC)c(OC)cc2c1=O. The zero-order valence-corrected chi connectivity index (χ0v) is 15.5. The molecule has 8 heteroatoms. The van der Waals surface area contributed by atoms with Crippen molar-refractivity contribution in [1.29, 1.82) is 0 Å². The van der Waals surface area contributed by atoms with Gasteiger partial charge in [-0.05, 0) is 25.5 Å². The van der Waals surface area contributed by atoms with Crippen LogP contribution in [0.3, 0.4) is 0 Å². The van der Waals surface area contributed by atoms with Crippen LogP contribution in [0.25, 0.3) is 10.8 Å². The quantitative estimate of drug-likeness (QED) is 0.722. The van der Waals surface area contributed by atoms with Crippen molar-refractivity contribution < 1.29 is 23.7 Å². The Labute approximate surface area is 151 Å². The molecule has 1 aromatic carbocycles. The average Bonchev–Trinajstić information content (AvgIpc) is 2.66. The normalized spacial score (nSPS) is 10.6. The van der Waals surface area contributed by atoms with E-state index in [9.17, 15) is 9.59 Å². The Morgan fingerprint density at radius 1 is 1.08 bits per heavy atom. The van der Waals surface area contributed by atoms with Gasteiger partial charge < -0.3 is 28.8 Å². The third-order valence-electron chi connectivity index (χ3n) is 3.89. The maximum Gasteiger partial charge on any atom is 0.412 e. The number of aryl methyl sites for hydroxylation is 1. The lowest BCUT2D eigenvalue weighted by atomic mass is 10.1. The van der Waals surface area contributed by atoms with E-state index >= 15 is 0 Å². The van der Waals surface area contributed by atoms with Crippen molar-refractivity contribution >= 4 is 16.9 Å². The highest BCUT2D eigenvalue weighted by Gasteiger charge is 2.16. The van der Waals surface area contributed by atoms with Gasteiger partial charge >= 0.3 is 6.09 Å². The summed E-state index contributed by atoms with van der Waals surface area (Å²) in [7, 11) is 4.59. The Morgan fingerprint density at radius 2 is 1.73 bits per heavy atom. The number of aromatic nitrogens is 1. The fraction of sp³-hybridized carbons (Fsp3) is 0.444. The first-order valence-electron chi connectivity index (χ1n) is 8.29. The van der Waals surface area contributed by atoms with Crippen LogP contribution in [0.5, 0.6) is 17.2 Å². The number of hydrogen-bond acceptors (Lipinski definition) is 6. The smallest absolute Gasteiger partial charge is 0.412 e. The number of rotatable bonds is 8. The highest BCUT2D eigenvalue weighted by molar-refractivity contribution is 5.92. The van der Waals surface area contributed by atoms with Crippen LogP contribution in [0.4, 0.5) is 4.79 Å². The summed E-state index contributed by atoms with van der Waals surface area (Å²) in [5, 5.41) is 3.51. The largest absolute Gasteiger partial charge is 0.493 e. The summed E-state index contributed by atoms with van der Waals surface area (Å²) in [6, 6.07) is 3.22. The Hall–Kier alpha value is -2.74. The molecule has 0 unspecified atom stereocenters. The van der Waals surface area contributed by atoms with Crippen molar-refractivity contribution in [2.24, 2.45) is 0 Å². The summed E-state index contributed by atoms with van der Waals surface area (Å²) in [5.41, 5.74) is -0.198. The van der Waals surface area contributed by atoms with Gasteiger partial charge in [-0.3, -0.25) is 4.79 Å². The highest BCUT2D eigenvalue weighted by Crippen LogP contribution is 2.34. The molecule has 0 fully saturated rings. The van der Waals surface area contributed by atoms with E-state index in [0.29, 0.717) is 48.4 Å². The number of amides is 1. The molecule has 0 aliphatic rings. The molecule has 0 aliphatic carbocycles. The lowest BCUT2D eigenvalue weighted by Gasteiger charge is -2.14. The monoisotopic (exact) mass is 364 g/mol. The van der Waals surface area contributed by atoms with E-state index in [0.717, 1.165) is 0 Å². The number of carbonyl (C=O) groups is 1. The molecule has 1 N–H and O–H groups in total. The Bertz CT molecular complexity index is 831. The lowest BCUT2D eigenvalue weighted by molar-refractivity contribution is 0.186. The number of pyridine rings is 1. The van der Waals surface area contributed by atoms with E-state index in [1.807, 2.05) is 6.92 Å². The maximum absolute atomic E-state index is 12.6. The van der Waals surface area contributed by atoms with E-state index in [1.165, 1.54) is 25.0 Å². The van der Waals surface area contributed by atoms with Gasteiger partial charge in [0, 0.05) is 32.2 Å². The maximum atomic E-state index is 12.6. The third-order valence-corrected chi connectivity index (χ3v) is 3.89. The van der Waals surface area contributed by atoms with Gasteiger partial charge in [-0.1, -0.05) is 0 Å². The number of fused-ring (bicyclic) bond motifs is 1. The molecule has 1 amide bonds.